The van der Waals surface area contributed by atoms with E-state index >= 15 is 0 Å². The molecule has 2 fully saturated rings. The van der Waals surface area contributed by atoms with Crippen molar-refractivity contribution in [2.75, 3.05) is 0 Å². The van der Waals surface area contributed by atoms with Crippen LogP contribution in [0.4, 0.5) is 9.59 Å². The molecule has 51 heavy (non-hydrogen) atoms. The zero-order chi connectivity index (χ0) is 35.4. The fourth-order valence-electron chi connectivity index (χ4n) is 6.70. The average molecular weight is 703 g/mol. The molecule has 2 saturated heterocycles. The van der Waals surface area contributed by atoms with Crippen LogP contribution in [-0.4, -0.2) is 76.1 Å². The number of benzene rings is 2. The predicted molar refractivity (Wildman–Crippen MR) is 191 cm³/mol. The molecule has 0 saturated carbocycles. The van der Waals surface area contributed by atoms with Crippen molar-refractivity contribution in [2.45, 2.75) is 89.0 Å². The highest BCUT2D eigenvalue weighted by Gasteiger charge is 2.28. The Balaban J connectivity index is 0.00000504. The molecule has 2 aliphatic rings. The number of esters is 2. The number of aryl methyl sites for hydroxylation is 2. The topological polar surface area (TPSA) is 250 Å². The lowest BCUT2D eigenvalue weighted by Gasteiger charge is -2.14. The van der Waals surface area contributed by atoms with Crippen molar-refractivity contribution in [3.05, 3.63) is 83.2 Å². The first-order valence-electron chi connectivity index (χ1n) is 16.9. The van der Waals surface area contributed by atoms with Crippen LogP contribution in [0.2, 0.25) is 0 Å². The maximum atomic E-state index is 12.5. The summed E-state index contributed by atoms with van der Waals surface area (Å²) in [4.78, 5) is 54.5. The van der Waals surface area contributed by atoms with Gasteiger partial charge in [0.15, 0.2) is 12.5 Å². The van der Waals surface area contributed by atoms with E-state index in [-0.39, 0.29) is 54.5 Å². The number of carbonyl (C=O) groups is 4. The van der Waals surface area contributed by atoms with Crippen molar-refractivity contribution in [1.82, 2.24) is 31.2 Å². The van der Waals surface area contributed by atoms with Crippen molar-refractivity contribution in [3.63, 3.8) is 0 Å². The Morgan fingerprint density at radius 2 is 1.12 bits per heavy atom. The molecule has 12 N–H and O–H groups in total. The van der Waals surface area contributed by atoms with Crippen LogP contribution in [0.5, 0.6) is 0 Å². The van der Waals surface area contributed by atoms with Gasteiger partial charge in [-0.2, -0.15) is 0 Å². The average Bonchev–Trinajstić information content (AvgIpc) is 3.83. The number of aromatic amines is 2. The maximum Gasteiger partial charge on any atom is 0.332 e. The molecule has 0 radical (unpaired) electrons. The van der Waals surface area contributed by atoms with Crippen LogP contribution in [0.15, 0.2) is 60.9 Å². The standard InChI is InChI=1S/C36H44N8O6.H2O/c1-19-27(43-35(47)41-19)7-3-21-5-9-29-25(13-21)23(17-39-29)15-31(37)49-33(45)11-12-34(46)50-32(38)16-24-18-40-30-10-6-22(14-26(24)30)4-8-28-20(2)42-36(48)44-28;/h5-6,9-14,17-20,27-28,31-32,39-40H,3-4,7-8,15-16,37-38H2,1-2H3,(H2,41,43,47)(H2,42,44,48);1H2/b12-11-;. The van der Waals surface area contributed by atoms with Crippen molar-refractivity contribution in [1.29, 1.82) is 0 Å². The van der Waals surface area contributed by atoms with Crippen molar-refractivity contribution >= 4 is 45.8 Å². The lowest BCUT2D eigenvalue weighted by atomic mass is 9.99. The first kappa shape index (κ1) is 36.9. The highest BCUT2D eigenvalue weighted by molar-refractivity contribution is 5.92. The Kier molecular flexibility index (Phi) is 11.6. The largest absolute Gasteiger partial charge is 0.443 e. The smallest absolute Gasteiger partial charge is 0.332 e. The molecule has 2 aliphatic heterocycles. The third-order valence-electron chi connectivity index (χ3n) is 9.44. The Hall–Kier alpha value is -5.38. The summed E-state index contributed by atoms with van der Waals surface area (Å²) in [5.74, 6) is -1.56. The molecule has 0 bridgehead atoms. The summed E-state index contributed by atoms with van der Waals surface area (Å²) in [6.45, 7) is 3.96. The SMILES string of the molecule is CC1NC(=O)NC1CCc1ccc2[nH]cc(CC(N)OC(=O)/C=C\C(=O)OC(N)Cc3c[nH]c4ccc(CCC5NC(=O)NC5C)cc34)c2c1.O. The van der Waals surface area contributed by atoms with Crippen LogP contribution in [0.25, 0.3) is 21.8 Å². The number of urea groups is 2. The summed E-state index contributed by atoms with van der Waals surface area (Å²) in [5, 5.41) is 13.6. The number of hydrogen-bond acceptors (Lipinski definition) is 8. The number of H-pyrrole nitrogens is 2. The first-order valence-corrected chi connectivity index (χ1v) is 16.9. The highest BCUT2D eigenvalue weighted by atomic mass is 16.6. The molecule has 4 heterocycles. The van der Waals surface area contributed by atoms with Gasteiger partial charge < -0.3 is 46.2 Å². The van der Waals surface area contributed by atoms with Gasteiger partial charge in [-0.25, -0.2) is 19.2 Å². The summed E-state index contributed by atoms with van der Waals surface area (Å²) < 4.78 is 10.7. The zero-order valence-electron chi connectivity index (χ0n) is 28.6. The minimum absolute atomic E-state index is 0. The number of amides is 4. The van der Waals surface area contributed by atoms with Gasteiger partial charge in [-0.1, -0.05) is 12.1 Å². The zero-order valence-corrected chi connectivity index (χ0v) is 28.6. The molecular formula is C36H46N8O7. The minimum atomic E-state index is -0.947. The highest BCUT2D eigenvalue weighted by Crippen LogP contribution is 2.24. The van der Waals surface area contributed by atoms with Gasteiger partial charge in [0.25, 0.3) is 0 Å². The molecule has 4 aromatic rings. The molecule has 15 heteroatoms. The Morgan fingerprint density at radius 3 is 1.49 bits per heavy atom. The number of fused-ring (bicyclic) bond motifs is 2. The number of rotatable bonds is 14. The predicted octanol–water partition coefficient (Wildman–Crippen LogP) is 1.83. The minimum Gasteiger partial charge on any atom is -0.443 e. The van der Waals surface area contributed by atoms with Crippen molar-refractivity contribution < 1.29 is 34.1 Å². The van der Waals surface area contributed by atoms with Gasteiger partial charge in [-0.3, -0.25) is 11.5 Å². The van der Waals surface area contributed by atoms with Crippen LogP contribution < -0.4 is 32.7 Å². The van der Waals surface area contributed by atoms with E-state index in [9.17, 15) is 19.2 Å². The van der Waals surface area contributed by atoms with Gasteiger partial charge in [0.2, 0.25) is 0 Å². The van der Waals surface area contributed by atoms with Gasteiger partial charge in [0.05, 0.1) is 12.1 Å². The normalized spacial score (nSPS) is 21.1. The van der Waals surface area contributed by atoms with Gasteiger partial charge in [-0.15, -0.1) is 0 Å². The van der Waals surface area contributed by atoms with Crippen LogP contribution >= 0.6 is 0 Å². The summed E-state index contributed by atoms with van der Waals surface area (Å²) in [6.07, 6.45) is 7.42. The van der Waals surface area contributed by atoms with Gasteiger partial charge >= 0.3 is 24.0 Å². The first-order chi connectivity index (χ1) is 24.0. The Labute approximate surface area is 294 Å². The molecular weight excluding hydrogens is 656 g/mol. The van der Waals surface area contributed by atoms with Gasteiger partial charge in [0, 0.05) is 71.3 Å². The molecule has 272 valence electrons. The molecule has 6 unspecified atom stereocenters. The van der Waals surface area contributed by atoms with E-state index < -0.39 is 24.4 Å². The molecule has 15 nitrogen and oxygen atoms in total. The number of ether oxygens (including phenoxy) is 2. The summed E-state index contributed by atoms with van der Waals surface area (Å²) in [6, 6.07) is 12.2. The number of hydrogen-bond donors (Lipinski definition) is 8. The fraction of sp³-hybridized carbons (Fsp3) is 0.389. The molecule has 6 atom stereocenters. The Bertz CT molecular complexity index is 1780. The lowest BCUT2D eigenvalue weighted by Crippen LogP contribution is -2.31. The Morgan fingerprint density at radius 1 is 0.706 bits per heavy atom. The number of nitrogens with two attached hydrogens (primary N) is 2. The van der Waals surface area contributed by atoms with Crippen LogP contribution in [0.1, 0.15) is 48.9 Å². The van der Waals surface area contributed by atoms with Crippen molar-refractivity contribution in [3.8, 4) is 0 Å². The van der Waals surface area contributed by atoms with E-state index in [0.29, 0.717) is 0 Å². The van der Waals surface area contributed by atoms with Crippen LogP contribution in [0, 0.1) is 0 Å². The van der Waals surface area contributed by atoms with Crippen LogP contribution in [-0.2, 0) is 44.7 Å². The summed E-state index contributed by atoms with van der Waals surface area (Å²) in [7, 11) is 0. The molecule has 0 aliphatic carbocycles. The molecule has 0 spiro atoms. The second kappa shape index (κ2) is 16.1. The lowest BCUT2D eigenvalue weighted by molar-refractivity contribution is -0.145. The van der Waals surface area contributed by atoms with E-state index in [2.05, 4.69) is 43.4 Å². The third-order valence-corrected chi connectivity index (χ3v) is 9.44. The second-order valence-electron chi connectivity index (χ2n) is 13.2. The summed E-state index contributed by atoms with van der Waals surface area (Å²) >= 11 is 0. The van der Waals surface area contributed by atoms with E-state index in [0.717, 1.165) is 81.9 Å². The van der Waals surface area contributed by atoms with Crippen LogP contribution in [0.3, 0.4) is 0 Å². The van der Waals surface area contributed by atoms with Crippen molar-refractivity contribution in [2.24, 2.45) is 11.5 Å². The molecule has 2 aromatic heterocycles. The second-order valence-corrected chi connectivity index (χ2v) is 13.2. The molecule has 4 amide bonds. The van der Waals surface area contributed by atoms with E-state index in [1.165, 1.54) is 0 Å². The van der Waals surface area contributed by atoms with Gasteiger partial charge in [0.1, 0.15) is 0 Å². The molecule has 6 rings (SSSR count). The van der Waals surface area contributed by atoms with E-state index in [1.807, 2.05) is 50.5 Å². The van der Waals surface area contributed by atoms with E-state index in [4.69, 9.17) is 20.9 Å². The number of nitrogens with one attached hydrogen (secondary N) is 6. The number of aromatic nitrogens is 2. The van der Waals surface area contributed by atoms with Gasteiger partial charge in [-0.05, 0) is 86.1 Å². The quantitative estimate of drug-likeness (QED) is 0.0545. The van der Waals surface area contributed by atoms with E-state index in [1.54, 1.807) is 0 Å². The fourth-order valence-corrected chi connectivity index (χ4v) is 6.70. The molecule has 2 aromatic carbocycles. The third kappa shape index (κ3) is 9.25. The number of carbonyl (C=O) groups excluding carboxylic acids is 4. The summed E-state index contributed by atoms with van der Waals surface area (Å²) in [5.41, 5.74) is 18.2. The maximum absolute atomic E-state index is 12.5. The monoisotopic (exact) mass is 702 g/mol.